The topological polar surface area (TPSA) is 52.9 Å². The number of ether oxygens (including phenoxy) is 1. The van der Waals surface area contributed by atoms with Crippen LogP contribution in [0.1, 0.15) is 18.4 Å². The molecule has 4 nitrogen and oxygen atoms in total. The van der Waals surface area contributed by atoms with E-state index >= 15 is 0 Å². The van der Waals surface area contributed by atoms with E-state index in [1.165, 1.54) is 12.8 Å². The molecule has 19 heavy (non-hydrogen) atoms. The molecule has 5 heteroatoms. The van der Waals surface area contributed by atoms with E-state index < -0.39 is 7.12 Å². The minimum atomic E-state index is -1.39. The van der Waals surface area contributed by atoms with Crippen LogP contribution in [0.5, 0.6) is 0 Å². The number of hydrogen-bond donors (Lipinski definition) is 2. The van der Waals surface area contributed by atoms with Gasteiger partial charge in [-0.25, -0.2) is 0 Å². The minimum Gasteiger partial charge on any atom is -0.423 e. The highest BCUT2D eigenvalue weighted by molar-refractivity contribution is 6.58. The smallest absolute Gasteiger partial charge is 0.423 e. The third kappa shape index (κ3) is 5.32. The van der Waals surface area contributed by atoms with Gasteiger partial charge in [0, 0.05) is 19.7 Å². The average molecular weight is 263 g/mol. The van der Waals surface area contributed by atoms with E-state index in [4.69, 9.17) is 14.8 Å². The van der Waals surface area contributed by atoms with E-state index in [-0.39, 0.29) is 0 Å². The van der Waals surface area contributed by atoms with Gasteiger partial charge in [-0.15, -0.1) is 0 Å². The van der Waals surface area contributed by atoms with Crippen molar-refractivity contribution >= 4 is 12.6 Å². The lowest BCUT2D eigenvalue weighted by Gasteiger charge is -2.17. The van der Waals surface area contributed by atoms with Crippen molar-refractivity contribution in [3.05, 3.63) is 29.8 Å². The molecule has 2 rings (SSSR count). The van der Waals surface area contributed by atoms with Gasteiger partial charge in [0.15, 0.2) is 0 Å². The summed E-state index contributed by atoms with van der Waals surface area (Å²) < 4.78 is 5.61. The first-order valence-electron chi connectivity index (χ1n) is 6.86. The normalized spacial score (nSPS) is 14.9. The zero-order chi connectivity index (χ0) is 13.7. The standard InChI is InChI=1S/C14H22BNO3/c1-16(8-9-19-11-13-2-3-13)10-12-4-6-14(7-5-12)15(17)18/h4-7,13,17-18H,2-3,8-11H2,1H3. The van der Waals surface area contributed by atoms with Crippen LogP contribution < -0.4 is 5.46 Å². The summed E-state index contributed by atoms with van der Waals surface area (Å²) in [5.41, 5.74) is 1.69. The first-order valence-corrected chi connectivity index (χ1v) is 6.86. The number of hydrogen-bond acceptors (Lipinski definition) is 4. The average Bonchev–Trinajstić information content (AvgIpc) is 3.19. The Morgan fingerprint density at radius 2 is 1.95 bits per heavy atom. The molecule has 0 unspecified atom stereocenters. The number of benzene rings is 1. The van der Waals surface area contributed by atoms with E-state index in [0.717, 1.165) is 37.8 Å². The molecule has 0 atom stereocenters. The molecular weight excluding hydrogens is 241 g/mol. The van der Waals surface area contributed by atoms with Crippen LogP contribution in [0.15, 0.2) is 24.3 Å². The molecule has 104 valence electrons. The van der Waals surface area contributed by atoms with E-state index in [2.05, 4.69) is 11.9 Å². The zero-order valence-corrected chi connectivity index (χ0v) is 11.5. The quantitative estimate of drug-likeness (QED) is 0.520. The van der Waals surface area contributed by atoms with Crippen LogP contribution in [0.4, 0.5) is 0 Å². The molecule has 1 aromatic carbocycles. The van der Waals surface area contributed by atoms with Crippen LogP contribution in [-0.2, 0) is 11.3 Å². The van der Waals surface area contributed by atoms with Crippen LogP contribution in [0.25, 0.3) is 0 Å². The van der Waals surface area contributed by atoms with Crippen LogP contribution in [-0.4, -0.2) is 48.9 Å². The van der Waals surface area contributed by atoms with Gasteiger partial charge in [-0.1, -0.05) is 24.3 Å². The Kier molecular flexibility index (Phi) is 5.40. The van der Waals surface area contributed by atoms with E-state index in [1.54, 1.807) is 12.1 Å². The van der Waals surface area contributed by atoms with Crippen LogP contribution in [0.2, 0.25) is 0 Å². The lowest BCUT2D eigenvalue weighted by atomic mass is 9.80. The molecule has 0 radical (unpaired) electrons. The Morgan fingerprint density at radius 1 is 1.26 bits per heavy atom. The molecular formula is C14H22BNO3. The summed E-state index contributed by atoms with van der Waals surface area (Å²) in [5.74, 6) is 0.822. The summed E-state index contributed by atoms with van der Waals surface area (Å²) in [6.45, 7) is 3.45. The predicted molar refractivity (Wildman–Crippen MR) is 76.1 cm³/mol. The largest absolute Gasteiger partial charge is 0.488 e. The number of nitrogens with zero attached hydrogens (tertiary/aromatic N) is 1. The predicted octanol–water partition coefficient (Wildman–Crippen LogP) is 0.225. The second-order valence-corrected chi connectivity index (χ2v) is 5.37. The lowest BCUT2D eigenvalue weighted by Crippen LogP contribution is -2.29. The second-order valence-electron chi connectivity index (χ2n) is 5.37. The summed E-state index contributed by atoms with van der Waals surface area (Å²) in [4.78, 5) is 2.21. The Balaban J connectivity index is 1.66. The molecule has 0 amide bonds. The van der Waals surface area contributed by atoms with E-state index in [0.29, 0.717) is 5.46 Å². The van der Waals surface area contributed by atoms with Gasteiger partial charge in [0.2, 0.25) is 0 Å². The summed E-state index contributed by atoms with van der Waals surface area (Å²) in [6.07, 6.45) is 2.66. The number of likely N-dealkylation sites (N-methyl/N-ethyl adjacent to an activating group) is 1. The van der Waals surface area contributed by atoms with Gasteiger partial charge in [0.05, 0.1) is 6.61 Å². The highest BCUT2D eigenvalue weighted by Gasteiger charge is 2.20. The molecule has 0 aliphatic heterocycles. The summed E-state index contributed by atoms with van der Waals surface area (Å²) in [7, 11) is 0.678. The zero-order valence-electron chi connectivity index (χ0n) is 11.5. The van der Waals surface area contributed by atoms with Crippen LogP contribution in [0.3, 0.4) is 0 Å². The van der Waals surface area contributed by atoms with Gasteiger partial charge >= 0.3 is 7.12 Å². The fourth-order valence-corrected chi connectivity index (χ4v) is 1.94. The Labute approximate surface area is 115 Å². The molecule has 1 fully saturated rings. The van der Waals surface area contributed by atoms with Crippen molar-refractivity contribution in [2.24, 2.45) is 5.92 Å². The first-order chi connectivity index (χ1) is 9.15. The van der Waals surface area contributed by atoms with Crippen LogP contribution in [0, 0.1) is 5.92 Å². The maximum absolute atomic E-state index is 9.02. The highest BCUT2D eigenvalue weighted by atomic mass is 16.5. The second kappa shape index (κ2) is 7.05. The van der Waals surface area contributed by atoms with Crippen molar-refractivity contribution in [2.75, 3.05) is 26.8 Å². The lowest BCUT2D eigenvalue weighted by molar-refractivity contribution is 0.102. The minimum absolute atomic E-state index is 0.527. The van der Waals surface area contributed by atoms with Crippen LogP contribution >= 0.6 is 0 Å². The molecule has 0 spiro atoms. The maximum Gasteiger partial charge on any atom is 0.488 e. The fourth-order valence-electron chi connectivity index (χ4n) is 1.94. The molecule has 0 aromatic heterocycles. The van der Waals surface area contributed by atoms with Gasteiger partial charge in [-0.3, -0.25) is 4.90 Å². The molecule has 1 saturated carbocycles. The molecule has 0 saturated heterocycles. The summed E-state index contributed by atoms with van der Waals surface area (Å²) >= 11 is 0. The maximum atomic E-state index is 9.02. The van der Waals surface area contributed by atoms with Gasteiger partial charge in [-0.05, 0) is 36.8 Å². The monoisotopic (exact) mass is 263 g/mol. The molecule has 1 aromatic rings. The third-order valence-corrected chi connectivity index (χ3v) is 3.40. The van der Waals surface area contributed by atoms with Crippen molar-refractivity contribution < 1.29 is 14.8 Å². The SMILES string of the molecule is CN(CCOCC1CC1)Cc1ccc(B(O)O)cc1. The van der Waals surface area contributed by atoms with Crippen molar-refractivity contribution in [1.29, 1.82) is 0 Å². The molecule has 1 aliphatic rings. The van der Waals surface area contributed by atoms with Gasteiger partial charge in [0.25, 0.3) is 0 Å². The Bertz CT molecular complexity index is 379. The van der Waals surface area contributed by atoms with E-state index in [1.807, 2.05) is 12.1 Å². The molecule has 0 heterocycles. The molecule has 1 aliphatic carbocycles. The Hall–Kier alpha value is -0.875. The Morgan fingerprint density at radius 3 is 2.53 bits per heavy atom. The van der Waals surface area contributed by atoms with Crippen molar-refractivity contribution in [2.45, 2.75) is 19.4 Å². The number of rotatable bonds is 8. The van der Waals surface area contributed by atoms with Gasteiger partial charge in [0.1, 0.15) is 0 Å². The van der Waals surface area contributed by atoms with Gasteiger partial charge in [-0.2, -0.15) is 0 Å². The first kappa shape index (κ1) is 14.5. The van der Waals surface area contributed by atoms with Gasteiger partial charge < -0.3 is 14.8 Å². The fraction of sp³-hybridized carbons (Fsp3) is 0.571. The van der Waals surface area contributed by atoms with Crippen molar-refractivity contribution in [3.8, 4) is 0 Å². The summed E-state index contributed by atoms with van der Waals surface area (Å²) in [6, 6.07) is 7.35. The molecule has 0 bridgehead atoms. The van der Waals surface area contributed by atoms with Crippen molar-refractivity contribution in [3.63, 3.8) is 0 Å². The highest BCUT2D eigenvalue weighted by Crippen LogP contribution is 2.28. The molecule has 2 N–H and O–H groups in total. The third-order valence-electron chi connectivity index (χ3n) is 3.40. The van der Waals surface area contributed by atoms with E-state index in [9.17, 15) is 0 Å². The van der Waals surface area contributed by atoms with Crippen molar-refractivity contribution in [1.82, 2.24) is 4.90 Å². The summed E-state index contributed by atoms with van der Waals surface area (Å²) in [5, 5.41) is 18.0.